The fourth-order valence-corrected chi connectivity index (χ4v) is 1.77. The summed E-state index contributed by atoms with van der Waals surface area (Å²) in [5.41, 5.74) is 6.07. The van der Waals surface area contributed by atoms with E-state index in [0.717, 1.165) is 6.07 Å². The normalized spacial score (nSPS) is 10.2. The van der Waals surface area contributed by atoms with Crippen molar-refractivity contribution in [2.24, 2.45) is 0 Å². The molecule has 21 heavy (non-hydrogen) atoms. The van der Waals surface area contributed by atoms with E-state index < -0.39 is 16.6 Å². The predicted octanol–water partition coefficient (Wildman–Crippen LogP) is 2.88. The van der Waals surface area contributed by atoms with Gasteiger partial charge in [-0.3, -0.25) is 14.9 Å². The number of nitrogen functional groups attached to an aromatic ring is 1. The summed E-state index contributed by atoms with van der Waals surface area (Å²) >= 11 is 0. The van der Waals surface area contributed by atoms with Gasteiger partial charge in [-0.05, 0) is 31.2 Å². The largest absolute Gasteiger partial charge is 0.396 e. The molecule has 0 unspecified atom stereocenters. The number of nitrogens with zero attached hydrogens (tertiary/aromatic N) is 1. The number of anilines is 2. The van der Waals surface area contributed by atoms with Crippen LogP contribution in [0.3, 0.4) is 0 Å². The average Bonchev–Trinajstić information content (AvgIpc) is 2.43. The summed E-state index contributed by atoms with van der Waals surface area (Å²) in [5, 5.41) is 13.4. The van der Waals surface area contributed by atoms with Gasteiger partial charge in [0.25, 0.3) is 11.6 Å². The maximum atomic E-state index is 13.0. The van der Waals surface area contributed by atoms with Crippen molar-refractivity contribution in [1.82, 2.24) is 0 Å². The van der Waals surface area contributed by atoms with Crippen LogP contribution in [0.4, 0.5) is 21.5 Å². The minimum absolute atomic E-state index is 0.0947. The second kappa shape index (κ2) is 5.58. The lowest BCUT2D eigenvalue weighted by atomic mass is 10.1. The summed E-state index contributed by atoms with van der Waals surface area (Å²) < 4.78 is 13.0. The van der Waals surface area contributed by atoms with Crippen LogP contribution in [-0.2, 0) is 0 Å². The van der Waals surface area contributed by atoms with Crippen molar-refractivity contribution < 1.29 is 14.1 Å². The Morgan fingerprint density at radius 2 is 2.00 bits per heavy atom. The third kappa shape index (κ3) is 3.14. The van der Waals surface area contributed by atoms with E-state index in [1.54, 1.807) is 6.92 Å². The molecule has 2 aromatic carbocycles. The number of nitrogens with two attached hydrogens (primary N) is 1. The van der Waals surface area contributed by atoms with Crippen LogP contribution in [0.2, 0.25) is 0 Å². The number of nitro groups is 1. The first-order valence-corrected chi connectivity index (χ1v) is 6.00. The number of carbonyl (C=O) groups excluding carboxylic acids is 1. The predicted molar refractivity (Wildman–Crippen MR) is 76.6 cm³/mol. The van der Waals surface area contributed by atoms with Gasteiger partial charge in [-0.15, -0.1) is 0 Å². The van der Waals surface area contributed by atoms with Gasteiger partial charge in [-0.1, -0.05) is 6.07 Å². The lowest BCUT2D eigenvalue weighted by Crippen LogP contribution is -2.12. The maximum Gasteiger partial charge on any atom is 0.273 e. The molecule has 108 valence electrons. The molecule has 0 saturated carbocycles. The Labute approximate surface area is 119 Å². The third-order valence-electron chi connectivity index (χ3n) is 2.92. The van der Waals surface area contributed by atoms with Gasteiger partial charge in [-0.2, -0.15) is 0 Å². The summed E-state index contributed by atoms with van der Waals surface area (Å²) in [6.07, 6.45) is 0. The Kier molecular flexibility index (Phi) is 3.84. The highest BCUT2D eigenvalue weighted by Gasteiger charge is 2.15. The molecule has 0 spiro atoms. The molecule has 0 aliphatic heterocycles. The van der Waals surface area contributed by atoms with E-state index in [1.165, 1.54) is 30.3 Å². The highest BCUT2D eigenvalue weighted by molar-refractivity contribution is 6.04. The molecule has 0 fully saturated rings. The van der Waals surface area contributed by atoms with Crippen molar-refractivity contribution in [2.45, 2.75) is 6.92 Å². The maximum absolute atomic E-state index is 13.0. The number of amides is 1. The second-order valence-corrected chi connectivity index (χ2v) is 4.45. The number of nitro benzene ring substituents is 1. The van der Waals surface area contributed by atoms with Crippen molar-refractivity contribution in [3.8, 4) is 0 Å². The van der Waals surface area contributed by atoms with Crippen LogP contribution >= 0.6 is 0 Å². The van der Waals surface area contributed by atoms with Gasteiger partial charge in [0.1, 0.15) is 5.82 Å². The van der Waals surface area contributed by atoms with E-state index in [0.29, 0.717) is 11.3 Å². The van der Waals surface area contributed by atoms with Crippen molar-refractivity contribution in [2.75, 3.05) is 11.1 Å². The van der Waals surface area contributed by atoms with Crippen molar-refractivity contribution >= 4 is 23.0 Å². The van der Waals surface area contributed by atoms with Crippen molar-refractivity contribution in [1.29, 1.82) is 0 Å². The Balaban J connectivity index is 2.26. The summed E-state index contributed by atoms with van der Waals surface area (Å²) in [6.45, 7) is 1.58. The van der Waals surface area contributed by atoms with Gasteiger partial charge < -0.3 is 11.1 Å². The van der Waals surface area contributed by atoms with E-state index in [-0.39, 0.29) is 16.9 Å². The summed E-state index contributed by atoms with van der Waals surface area (Å²) in [6, 6.07) is 7.92. The first kappa shape index (κ1) is 14.4. The quantitative estimate of drug-likeness (QED) is 0.515. The van der Waals surface area contributed by atoms with Crippen LogP contribution in [0, 0.1) is 22.9 Å². The highest BCUT2D eigenvalue weighted by atomic mass is 19.1. The molecule has 6 nitrogen and oxygen atoms in total. The first-order chi connectivity index (χ1) is 9.88. The van der Waals surface area contributed by atoms with Crippen LogP contribution < -0.4 is 11.1 Å². The van der Waals surface area contributed by atoms with E-state index in [1.807, 2.05) is 0 Å². The number of benzene rings is 2. The Hall–Kier alpha value is -2.96. The molecule has 2 rings (SSSR count). The standard InChI is InChI=1S/C14H12FN3O3/c1-8-2-3-9(6-13(8)18(20)21)14(19)17-10-4-5-11(15)12(16)7-10/h2-7H,16H2,1H3,(H,17,19). The summed E-state index contributed by atoms with van der Waals surface area (Å²) in [5.74, 6) is -1.12. The second-order valence-electron chi connectivity index (χ2n) is 4.45. The number of aryl methyl sites for hydroxylation is 1. The molecular weight excluding hydrogens is 277 g/mol. The fraction of sp³-hybridized carbons (Fsp3) is 0.0714. The smallest absolute Gasteiger partial charge is 0.273 e. The molecule has 2 aromatic rings. The van der Waals surface area contributed by atoms with E-state index in [9.17, 15) is 19.3 Å². The molecule has 0 saturated heterocycles. The number of nitrogens with one attached hydrogen (secondary N) is 1. The van der Waals surface area contributed by atoms with E-state index >= 15 is 0 Å². The number of hydrogen-bond donors (Lipinski definition) is 2. The number of hydrogen-bond acceptors (Lipinski definition) is 4. The minimum Gasteiger partial charge on any atom is -0.396 e. The van der Waals surface area contributed by atoms with Crippen molar-refractivity contribution in [3.63, 3.8) is 0 Å². The zero-order chi connectivity index (χ0) is 15.6. The molecule has 0 heterocycles. The van der Waals surface area contributed by atoms with Crippen LogP contribution in [0.25, 0.3) is 0 Å². The first-order valence-electron chi connectivity index (χ1n) is 6.00. The fourth-order valence-electron chi connectivity index (χ4n) is 1.77. The zero-order valence-electron chi connectivity index (χ0n) is 11.1. The van der Waals surface area contributed by atoms with Crippen molar-refractivity contribution in [3.05, 3.63) is 63.5 Å². The zero-order valence-corrected chi connectivity index (χ0v) is 11.1. The molecule has 1 amide bonds. The lowest BCUT2D eigenvalue weighted by Gasteiger charge is -2.07. The number of halogens is 1. The van der Waals surface area contributed by atoms with E-state index in [2.05, 4.69) is 5.32 Å². The topological polar surface area (TPSA) is 98.3 Å². The molecule has 0 bridgehead atoms. The van der Waals surface area contributed by atoms with Crippen LogP contribution in [0.1, 0.15) is 15.9 Å². The summed E-state index contributed by atoms with van der Waals surface area (Å²) in [4.78, 5) is 22.3. The average molecular weight is 289 g/mol. The van der Waals surface area contributed by atoms with E-state index in [4.69, 9.17) is 5.73 Å². The molecule has 0 radical (unpaired) electrons. The molecule has 7 heteroatoms. The Bertz CT molecular complexity index is 731. The van der Waals surface area contributed by atoms with Gasteiger partial charge in [0.05, 0.1) is 10.6 Å². The highest BCUT2D eigenvalue weighted by Crippen LogP contribution is 2.21. The number of rotatable bonds is 3. The molecule has 3 N–H and O–H groups in total. The molecular formula is C14H12FN3O3. The number of carbonyl (C=O) groups is 1. The van der Waals surface area contributed by atoms with Gasteiger partial charge in [0.2, 0.25) is 0 Å². The van der Waals surface area contributed by atoms with Gasteiger partial charge in [-0.25, -0.2) is 4.39 Å². The van der Waals surface area contributed by atoms with Gasteiger partial charge in [0.15, 0.2) is 0 Å². The molecule has 0 atom stereocenters. The SMILES string of the molecule is Cc1ccc(C(=O)Nc2ccc(F)c(N)c2)cc1[N+](=O)[O-]. The third-order valence-corrected chi connectivity index (χ3v) is 2.92. The Morgan fingerprint density at radius 3 is 2.62 bits per heavy atom. The minimum atomic E-state index is -0.584. The summed E-state index contributed by atoms with van der Waals surface area (Å²) in [7, 11) is 0. The molecule has 0 aromatic heterocycles. The molecule has 0 aliphatic carbocycles. The van der Waals surface area contributed by atoms with Crippen LogP contribution in [0.5, 0.6) is 0 Å². The lowest BCUT2D eigenvalue weighted by molar-refractivity contribution is -0.385. The van der Waals surface area contributed by atoms with Crippen LogP contribution in [-0.4, -0.2) is 10.8 Å². The molecule has 0 aliphatic rings. The monoisotopic (exact) mass is 289 g/mol. The Morgan fingerprint density at radius 1 is 1.29 bits per heavy atom. The van der Waals surface area contributed by atoms with Crippen LogP contribution in [0.15, 0.2) is 36.4 Å². The van der Waals surface area contributed by atoms with Gasteiger partial charge in [0, 0.05) is 22.9 Å². The van der Waals surface area contributed by atoms with Gasteiger partial charge >= 0.3 is 0 Å².